The Morgan fingerprint density at radius 2 is 1.90 bits per heavy atom. The molecule has 5 heteroatoms. The van der Waals surface area contributed by atoms with Gasteiger partial charge >= 0.3 is 5.97 Å². The minimum Gasteiger partial charge on any atom is -0.466 e. The lowest BCUT2D eigenvalue weighted by Gasteiger charge is -2.24. The summed E-state index contributed by atoms with van der Waals surface area (Å²) in [5, 5.41) is 3.49. The van der Waals surface area contributed by atoms with Gasteiger partial charge in [0.1, 0.15) is 0 Å². The molecule has 0 fully saturated rings. The van der Waals surface area contributed by atoms with Gasteiger partial charge < -0.3 is 10.1 Å². The van der Waals surface area contributed by atoms with Gasteiger partial charge in [-0.1, -0.05) is 29.8 Å². The monoisotopic (exact) mass is 309 g/mol. The maximum absolute atomic E-state index is 12.2. The molecule has 4 nitrogen and oxygen atoms in total. The fourth-order valence-corrected chi connectivity index (χ4v) is 1.86. The van der Waals surface area contributed by atoms with Gasteiger partial charge in [0.05, 0.1) is 12.5 Å². The predicted molar refractivity (Wildman–Crippen MR) is 83.3 cm³/mol. The Balaban J connectivity index is 2.52. The molecule has 1 aromatic rings. The van der Waals surface area contributed by atoms with E-state index in [1.807, 2.05) is 26.0 Å². The summed E-state index contributed by atoms with van der Waals surface area (Å²) in [6.07, 6.45) is 3.58. The van der Waals surface area contributed by atoms with Crippen molar-refractivity contribution in [2.24, 2.45) is 0 Å². The molecule has 0 saturated heterocycles. The molecule has 114 valence electrons. The second-order valence-corrected chi connectivity index (χ2v) is 5.54. The van der Waals surface area contributed by atoms with Crippen LogP contribution in [0.25, 0.3) is 0 Å². The molecule has 1 rings (SSSR count). The third kappa shape index (κ3) is 5.23. The minimum absolute atomic E-state index is 0.0729. The second kappa shape index (κ2) is 7.84. The van der Waals surface area contributed by atoms with Gasteiger partial charge in [-0.05, 0) is 38.0 Å². The van der Waals surface area contributed by atoms with Crippen molar-refractivity contribution < 1.29 is 14.3 Å². The third-order valence-corrected chi connectivity index (χ3v) is 3.44. The van der Waals surface area contributed by atoms with E-state index < -0.39 is 11.4 Å². The number of esters is 1. The first-order chi connectivity index (χ1) is 9.87. The van der Waals surface area contributed by atoms with Crippen LogP contribution in [-0.2, 0) is 19.7 Å². The Bertz CT molecular complexity index is 521. The molecule has 1 aromatic carbocycles. The molecule has 1 amide bonds. The number of amides is 1. The van der Waals surface area contributed by atoms with Crippen LogP contribution in [0, 0.1) is 0 Å². The van der Waals surface area contributed by atoms with Gasteiger partial charge in [-0.3, -0.25) is 4.79 Å². The third-order valence-electron chi connectivity index (χ3n) is 3.19. The molecule has 0 aliphatic rings. The van der Waals surface area contributed by atoms with E-state index in [1.54, 1.807) is 18.2 Å². The highest BCUT2D eigenvalue weighted by atomic mass is 35.5. The Hall–Kier alpha value is -1.81. The Labute approximate surface area is 130 Å². The number of rotatable bonds is 6. The highest BCUT2D eigenvalue weighted by Gasteiger charge is 2.29. The van der Waals surface area contributed by atoms with Crippen molar-refractivity contribution in [2.45, 2.75) is 25.7 Å². The zero-order valence-electron chi connectivity index (χ0n) is 12.5. The van der Waals surface area contributed by atoms with E-state index in [-0.39, 0.29) is 5.91 Å². The first kappa shape index (κ1) is 17.2. The van der Waals surface area contributed by atoms with Crippen LogP contribution in [-0.4, -0.2) is 25.5 Å². The van der Waals surface area contributed by atoms with Crippen LogP contribution in [0.5, 0.6) is 0 Å². The van der Waals surface area contributed by atoms with Crippen molar-refractivity contribution in [3.8, 4) is 0 Å². The molecule has 0 aromatic heterocycles. The van der Waals surface area contributed by atoms with Crippen LogP contribution >= 0.6 is 11.6 Å². The quantitative estimate of drug-likeness (QED) is 0.499. The number of halogens is 1. The lowest BCUT2D eigenvalue weighted by atomic mass is 9.84. The maximum atomic E-state index is 12.2. The molecule has 1 N–H and O–H groups in total. The van der Waals surface area contributed by atoms with Crippen molar-refractivity contribution in [1.82, 2.24) is 5.32 Å². The van der Waals surface area contributed by atoms with Gasteiger partial charge in [0.25, 0.3) is 0 Å². The summed E-state index contributed by atoms with van der Waals surface area (Å²) in [7, 11) is 1.32. The number of benzene rings is 1. The van der Waals surface area contributed by atoms with Gasteiger partial charge in [0.15, 0.2) is 0 Å². The minimum atomic E-state index is -0.642. The first-order valence-electron chi connectivity index (χ1n) is 6.66. The number of ether oxygens (including phenoxy) is 1. The molecular formula is C16H20ClNO3. The van der Waals surface area contributed by atoms with Gasteiger partial charge in [0.2, 0.25) is 5.91 Å². The molecule has 0 spiro atoms. The fraction of sp³-hybridized carbons (Fsp3) is 0.375. The largest absolute Gasteiger partial charge is 0.466 e. The Kier molecular flexibility index (Phi) is 6.43. The van der Waals surface area contributed by atoms with Crippen molar-refractivity contribution in [3.63, 3.8) is 0 Å². The first-order valence-corrected chi connectivity index (χ1v) is 7.04. The van der Waals surface area contributed by atoms with Gasteiger partial charge in [-0.2, -0.15) is 0 Å². The molecule has 21 heavy (non-hydrogen) atoms. The molecule has 0 aliphatic carbocycles. The number of carbonyl (C=O) groups is 2. The molecule has 0 saturated carbocycles. The molecule has 0 radical (unpaired) electrons. The molecule has 0 atom stereocenters. The predicted octanol–water partition coefficient (Wildman–Crippen LogP) is 2.85. The lowest BCUT2D eigenvalue weighted by molar-refractivity contribution is -0.134. The second-order valence-electron chi connectivity index (χ2n) is 5.10. The maximum Gasteiger partial charge on any atom is 0.330 e. The van der Waals surface area contributed by atoms with Gasteiger partial charge in [0, 0.05) is 17.6 Å². The van der Waals surface area contributed by atoms with E-state index in [1.165, 1.54) is 13.2 Å². The van der Waals surface area contributed by atoms with Crippen LogP contribution in [0.1, 0.15) is 25.8 Å². The van der Waals surface area contributed by atoms with Crippen molar-refractivity contribution in [1.29, 1.82) is 0 Å². The summed E-state index contributed by atoms with van der Waals surface area (Å²) in [5.41, 5.74) is 0.255. The van der Waals surface area contributed by atoms with Crippen molar-refractivity contribution in [2.75, 3.05) is 13.7 Å². The Morgan fingerprint density at radius 1 is 1.29 bits per heavy atom. The SMILES string of the molecule is COC(=O)/C=C/CCNC(=O)C(C)(C)c1ccc(Cl)cc1. The lowest BCUT2D eigenvalue weighted by Crippen LogP contribution is -2.40. The number of carbonyl (C=O) groups excluding carboxylic acids is 2. The van der Waals surface area contributed by atoms with Crippen LogP contribution in [0.3, 0.4) is 0 Å². The van der Waals surface area contributed by atoms with Crippen LogP contribution in [0.4, 0.5) is 0 Å². The normalized spacial score (nSPS) is 11.4. The average molecular weight is 310 g/mol. The van der Waals surface area contributed by atoms with Gasteiger partial charge in [-0.15, -0.1) is 0 Å². The number of nitrogens with one attached hydrogen (secondary N) is 1. The zero-order chi connectivity index (χ0) is 15.9. The Morgan fingerprint density at radius 3 is 2.48 bits per heavy atom. The van der Waals surface area contributed by atoms with Crippen LogP contribution in [0.15, 0.2) is 36.4 Å². The molecule has 0 aliphatic heterocycles. The highest BCUT2D eigenvalue weighted by molar-refractivity contribution is 6.30. The van der Waals surface area contributed by atoms with E-state index >= 15 is 0 Å². The summed E-state index contributed by atoms with van der Waals surface area (Å²) < 4.78 is 4.48. The molecule has 0 bridgehead atoms. The fourth-order valence-electron chi connectivity index (χ4n) is 1.74. The summed E-state index contributed by atoms with van der Waals surface area (Å²) in [6, 6.07) is 7.23. The van der Waals surface area contributed by atoms with Crippen LogP contribution < -0.4 is 5.32 Å². The molecular weight excluding hydrogens is 290 g/mol. The van der Waals surface area contributed by atoms with E-state index in [2.05, 4.69) is 10.1 Å². The van der Waals surface area contributed by atoms with E-state index in [0.29, 0.717) is 18.0 Å². The van der Waals surface area contributed by atoms with E-state index in [4.69, 9.17) is 11.6 Å². The number of methoxy groups -OCH3 is 1. The smallest absolute Gasteiger partial charge is 0.330 e. The summed E-state index contributed by atoms with van der Waals surface area (Å²) in [6.45, 7) is 4.18. The van der Waals surface area contributed by atoms with E-state index in [0.717, 1.165) is 5.56 Å². The topological polar surface area (TPSA) is 55.4 Å². The summed E-state index contributed by atoms with van der Waals surface area (Å²) in [5.74, 6) is -0.473. The molecule has 0 unspecified atom stereocenters. The number of hydrogen-bond donors (Lipinski definition) is 1. The average Bonchev–Trinajstić information content (AvgIpc) is 2.46. The summed E-state index contributed by atoms with van der Waals surface area (Å²) in [4.78, 5) is 23.1. The molecule has 0 heterocycles. The van der Waals surface area contributed by atoms with Crippen molar-refractivity contribution >= 4 is 23.5 Å². The zero-order valence-corrected chi connectivity index (χ0v) is 13.2. The van der Waals surface area contributed by atoms with Gasteiger partial charge in [-0.25, -0.2) is 4.79 Å². The number of hydrogen-bond acceptors (Lipinski definition) is 3. The highest BCUT2D eigenvalue weighted by Crippen LogP contribution is 2.24. The van der Waals surface area contributed by atoms with Crippen molar-refractivity contribution in [3.05, 3.63) is 47.0 Å². The standard InChI is InChI=1S/C16H20ClNO3/c1-16(2,12-7-9-13(17)10-8-12)15(20)18-11-5-4-6-14(19)21-3/h4,6-10H,5,11H2,1-3H3,(H,18,20)/b6-4+. The summed E-state index contributed by atoms with van der Waals surface area (Å²) >= 11 is 5.85. The van der Waals surface area contributed by atoms with Crippen LogP contribution in [0.2, 0.25) is 5.02 Å². The van der Waals surface area contributed by atoms with E-state index in [9.17, 15) is 9.59 Å².